The minimum Gasteiger partial charge on any atom is -0.469 e. The molecule has 21 heavy (non-hydrogen) atoms. The largest absolute Gasteiger partial charge is 0.469 e. The van der Waals surface area contributed by atoms with Crippen LogP contribution in [-0.2, 0) is 9.53 Å². The molecule has 3 atom stereocenters. The van der Waals surface area contributed by atoms with Gasteiger partial charge < -0.3 is 9.64 Å². The first-order valence-electron chi connectivity index (χ1n) is 7.96. The lowest BCUT2D eigenvalue weighted by atomic mass is 9.84. The molecule has 1 aromatic carbocycles. The maximum Gasteiger partial charge on any atom is 0.314 e. The van der Waals surface area contributed by atoms with Crippen LogP contribution in [0.3, 0.4) is 0 Å². The number of hydrogen-bond donors (Lipinski definition) is 0. The maximum atomic E-state index is 12.2. The summed E-state index contributed by atoms with van der Waals surface area (Å²) in [4.78, 5) is 14.5. The summed E-state index contributed by atoms with van der Waals surface area (Å²) in [5.74, 6) is 0.365. The van der Waals surface area contributed by atoms with E-state index in [9.17, 15) is 4.79 Å². The zero-order valence-electron chi connectivity index (χ0n) is 13.4. The average Bonchev–Trinajstić information content (AvgIpc) is 2.53. The van der Waals surface area contributed by atoms with Crippen LogP contribution >= 0.6 is 0 Å². The molecule has 0 saturated heterocycles. The number of hydrogen-bond acceptors (Lipinski definition) is 3. The lowest BCUT2D eigenvalue weighted by Crippen LogP contribution is -2.42. The number of carbonyl (C=O) groups excluding carboxylic acids is 1. The summed E-state index contributed by atoms with van der Waals surface area (Å²) in [7, 11) is 3.62. The average molecular weight is 289 g/mol. The van der Waals surface area contributed by atoms with E-state index >= 15 is 0 Å². The molecule has 0 spiro atoms. The Hall–Kier alpha value is -1.35. The second kappa shape index (κ2) is 7.60. The Morgan fingerprint density at radius 1 is 1.29 bits per heavy atom. The predicted molar refractivity (Wildman–Crippen MR) is 85.2 cm³/mol. The van der Waals surface area contributed by atoms with Crippen molar-refractivity contribution in [1.29, 1.82) is 0 Å². The van der Waals surface area contributed by atoms with Gasteiger partial charge in [0.1, 0.15) is 0 Å². The SMILES string of the molecule is COC(=O)C(CN(C)C1CCCCC1C)c1ccccc1. The number of methoxy groups -OCH3 is 1. The van der Waals surface area contributed by atoms with Crippen LogP contribution in [0, 0.1) is 5.92 Å². The van der Waals surface area contributed by atoms with Crippen molar-refractivity contribution in [3.63, 3.8) is 0 Å². The lowest BCUT2D eigenvalue weighted by Gasteiger charge is -2.37. The van der Waals surface area contributed by atoms with Gasteiger partial charge in [0.2, 0.25) is 0 Å². The molecule has 1 saturated carbocycles. The van der Waals surface area contributed by atoms with E-state index in [1.54, 1.807) is 0 Å². The number of esters is 1. The Morgan fingerprint density at radius 2 is 1.95 bits per heavy atom. The summed E-state index contributed by atoms with van der Waals surface area (Å²) in [6.07, 6.45) is 5.17. The van der Waals surface area contributed by atoms with Crippen LogP contribution in [0.2, 0.25) is 0 Å². The molecular weight excluding hydrogens is 262 g/mol. The van der Waals surface area contributed by atoms with E-state index in [2.05, 4.69) is 18.9 Å². The van der Waals surface area contributed by atoms with Crippen LogP contribution in [0.5, 0.6) is 0 Å². The van der Waals surface area contributed by atoms with Crippen molar-refractivity contribution in [2.45, 2.75) is 44.6 Å². The van der Waals surface area contributed by atoms with Gasteiger partial charge in [-0.1, -0.05) is 50.1 Å². The van der Waals surface area contributed by atoms with Gasteiger partial charge >= 0.3 is 5.97 Å². The van der Waals surface area contributed by atoms with Crippen molar-refractivity contribution in [3.8, 4) is 0 Å². The minimum absolute atomic E-state index is 0.142. The Balaban J connectivity index is 2.09. The van der Waals surface area contributed by atoms with Crippen LogP contribution in [-0.4, -0.2) is 37.6 Å². The molecule has 0 aliphatic heterocycles. The first kappa shape index (κ1) is 16.0. The Morgan fingerprint density at radius 3 is 2.57 bits per heavy atom. The van der Waals surface area contributed by atoms with E-state index in [-0.39, 0.29) is 11.9 Å². The lowest BCUT2D eigenvalue weighted by molar-refractivity contribution is -0.143. The molecule has 0 N–H and O–H groups in total. The molecule has 1 aliphatic carbocycles. The van der Waals surface area contributed by atoms with Crippen LogP contribution < -0.4 is 0 Å². The summed E-state index contributed by atoms with van der Waals surface area (Å²) >= 11 is 0. The highest BCUT2D eigenvalue weighted by Gasteiger charge is 2.29. The van der Waals surface area contributed by atoms with Crippen LogP contribution in [0.1, 0.15) is 44.1 Å². The summed E-state index contributed by atoms with van der Waals surface area (Å²) in [6.45, 7) is 3.06. The van der Waals surface area contributed by atoms with E-state index in [0.29, 0.717) is 12.0 Å². The van der Waals surface area contributed by atoms with Gasteiger partial charge in [-0.3, -0.25) is 4.79 Å². The fourth-order valence-corrected chi connectivity index (χ4v) is 3.52. The number of carbonyl (C=O) groups is 1. The molecule has 3 heteroatoms. The zero-order chi connectivity index (χ0) is 15.2. The van der Waals surface area contributed by atoms with E-state index in [1.165, 1.54) is 32.8 Å². The Bertz CT molecular complexity index is 446. The molecule has 0 aromatic heterocycles. The third-order valence-corrected chi connectivity index (χ3v) is 4.79. The van der Waals surface area contributed by atoms with Crippen molar-refractivity contribution in [3.05, 3.63) is 35.9 Å². The molecule has 1 aromatic rings. The molecule has 2 rings (SSSR count). The smallest absolute Gasteiger partial charge is 0.314 e. The van der Waals surface area contributed by atoms with E-state index in [4.69, 9.17) is 4.74 Å². The normalized spacial score (nSPS) is 23.8. The molecule has 0 heterocycles. The molecule has 3 nitrogen and oxygen atoms in total. The van der Waals surface area contributed by atoms with E-state index in [1.807, 2.05) is 30.3 Å². The highest BCUT2D eigenvalue weighted by Crippen LogP contribution is 2.29. The Labute approximate surface area is 128 Å². The molecule has 0 amide bonds. The van der Waals surface area contributed by atoms with E-state index < -0.39 is 0 Å². The van der Waals surface area contributed by atoms with Gasteiger partial charge in [-0.05, 0) is 31.4 Å². The summed E-state index contributed by atoms with van der Waals surface area (Å²) < 4.78 is 5.02. The topological polar surface area (TPSA) is 29.5 Å². The van der Waals surface area contributed by atoms with Crippen LogP contribution in [0.4, 0.5) is 0 Å². The third-order valence-electron chi connectivity index (χ3n) is 4.79. The van der Waals surface area contributed by atoms with Crippen molar-refractivity contribution >= 4 is 5.97 Å². The van der Waals surface area contributed by atoms with Gasteiger partial charge in [0.05, 0.1) is 13.0 Å². The predicted octanol–water partition coefficient (Wildman–Crippen LogP) is 3.45. The molecule has 3 unspecified atom stereocenters. The molecule has 1 aliphatic rings. The fourth-order valence-electron chi connectivity index (χ4n) is 3.52. The number of likely N-dealkylation sites (N-methyl/N-ethyl adjacent to an activating group) is 1. The summed E-state index contributed by atoms with van der Waals surface area (Å²) in [5.41, 5.74) is 1.04. The molecule has 1 fully saturated rings. The molecular formula is C18H27NO2. The molecule has 0 bridgehead atoms. The summed E-state index contributed by atoms with van der Waals surface area (Å²) in [5, 5.41) is 0. The number of benzene rings is 1. The Kier molecular flexibility index (Phi) is 5.80. The summed E-state index contributed by atoms with van der Waals surface area (Å²) in [6, 6.07) is 10.5. The second-order valence-electron chi connectivity index (χ2n) is 6.26. The van der Waals surface area contributed by atoms with Crippen molar-refractivity contribution in [1.82, 2.24) is 4.90 Å². The highest BCUT2D eigenvalue weighted by atomic mass is 16.5. The van der Waals surface area contributed by atoms with Gasteiger partial charge in [-0.25, -0.2) is 0 Å². The minimum atomic E-state index is -0.199. The molecule has 116 valence electrons. The van der Waals surface area contributed by atoms with Crippen molar-refractivity contribution in [2.24, 2.45) is 5.92 Å². The quantitative estimate of drug-likeness (QED) is 0.778. The number of rotatable bonds is 5. The fraction of sp³-hybridized carbons (Fsp3) is 0.611. The highest BCUT2D eigenvalue weighted by molar-refractivity contribution is 5.78. The van der Waals surface area contributed by atoms with Gasteiger partial charge in [0.15, 0.2) is 0 Å². The van der Waals surface area contributed by atoms with Gasteiger partial charge in [0, 0.05) is 12.6 Å². The number of nitrogens with zero attached hydrogens (tertiary/aromatic N) is 1. The van der Waals surface area contributed by atoms with Crippen LogP contribution in [0.25, 0.3) is 0 Å². The van der Waals surface area contributed by atoms with Crippen LogP contribution in [0.15, 0.2) is 30.3 Å². The van der Waals surface area contributed by atoms with E-state index in [0.717, 1.165) is 12.1 Å². The van der Waals surface area contributed by atoms with Crippen molar-refractivity contribution < 1.29 is 9.53 Å². The first-order valence-corrected chi connectivity index (χ1v) is 7.96. The zero-order valence-corrected chi connectivity index (χ0v) is 13.4. The standard InChI is InChI=1S/C18H27NO2/c1-14-9-7-8-12-17(14)19(2)13-16(18(20)21-3)15-10-5-4-6-11-15/h4-6,10-11,14,16-17H,7-9,12-13H2,1-3H3. The maximum absolute atomic E-state index is 12.2. The third kappa shape index (κ3) is 4.07. The van der Waals surface area contributed by atoms with Gasteiger partial charge in [-0.2, -0.15) is 0 Å². The first-order chi connectivity index (χ1) is 10.1. The van der Waals surface area contributed by atoms with Gasteiger partial charge in [-0.15, -0.1) is 0 Å². The van der Waals surface area contributed by atoms with Gasteiger partial charge in [0.25, 0.3) is 0 Å². The van der Waals surface area contributed by atoms with Crippen molar-refractivity contribution in [2.75, 3.05) is 20.7 Å². The number of ether oxygens (including phenoxy) is 1. The monoisotopic (exact) mass is 289 g/mol. The second-order valence-corrected chi connectivity index (χ2v) is 6.26. The molecule has 0 radical (unpaired) electrons.